The zero-order valence-electron chi connectivity index (χ0n) is 11.6. The van der Waals surface area contributed by atoms with Crippen LogP contribution in [0.15, 0.2) is 28.7 Å². The van der Waals surface area contributed by atoms with E-state index in [-0.39, 0.29) is 11.7 Å². The molecule has 0 aliphatic heterocycles. The van der Waals surface area contributed by atoms with Crippen molar-refractivity contribution < 1.29 is 9.21 Å². The molecule has 0 unspecified atom stereocenters. The highest BCUT2D eigenvalue weighted by Gasteiger charge is 2.15. The van der Waals surface area contributed by atoms with Gasteiger partial charge in [-0.25, -0.2) is 0 Å². The summed E-state index contributed by atoms with van der Waals surface area (Å²) in [5.74, 6) is 1.39. The molecule has 1 heterocycles. The first-order valence-electron chi connectivity index (χ1n) is 6.60. The Morgan fingerprint density at radius 1 is 1.30 bits per heavy atom. The molecule has 0 aliphatic rings. The summed E-state index contributed by atoms with van der Waals surface area (Å²) >= 11 is 5.86. The molecule has 20 heavy (non-hydrogen) atoms. The monoisotopic (exact) mass is 292 g/mol. The highest BCUT2D eigenvalue weighted by Crippen LogP contribution is 2.20. The van der Waals surface area contributed by atoms with Gasteiger partial charge in [-0.2, -0.15) is 0 Å². The maximum Gasteiger partial charge on any atom is 0.219 e. The molecular formula is C15H17ClN2O2. The van der Waals surface area contributed by atoms with Crippen LogP contribution < -0.4 is 0 Å². The zero-order valence-corrected chi connectivity index (χ0v) is 12.4. The van der Waals surface area contributed by atoms with E-state index in [0.717, 1.165) is 11.4 Å². The third-order valence-electron chi connectivity index (χ3n) is 3.05. The van der Waals surface area contributed by atoms with Crippen LogP contribution in [0.25, 0.3) is 0 Å². The molecular weight excluding hydrogens is 276 g/mol. The lowest BCUT2D eigenvalue weighted by Gasteiger charge is -2.06. The lowest BCUT2D eigenvalue weighted by molar-refractivity contribution is -0.117. The number of benzene rings is 1. The normalized spacial score (nSPS) is 12.3. The molecule has 2 aromatic rings. The molecule has 0 fully saturated rings. The van der Waals surface area contributed by atoms with Crippen molar-refractivity contribution in [3.63, 3.8) is 0 Å². The molecule has 1 atom stereocenters. The summed E-state index contributed by atoms with van der Waals surface area (Å²) in [7, 11) is 0. The Balaban J connectivity index is 1.96. The van der Waals surface area contributed by atoms with Crippen LogP contribution in [0.5, 0.6) is 0 Å². The molecule has 106 valence electrons. The Morgan fingerprint density at radius 3 is 2.65 bits per heavy atom. The van der Waals surface area contributed by atoms with Gasteiger partial charge in [-0.05, 0) is 31.0 Å². The molecule has 0 N–H and O–H groups in total. The van der Waals surface area contributed by atoms with E-state index in [1.54, 1.807) is 6.92 Å². The molecule has 1 aromatic carbocycles. The summed E-state index contributed by atoms with van der Waals surface area (Å²) in [6, 6.07) is 7.73. The van der Waals surface area contributed by atoms with Crippen molar-refractivity contribution in [3.05, 3.63) is 46.6 Å². The van der Waals surface area contributed by atoms with E-state index in [1.807, 2.05) is 31.2 Å². The summed E-state index contributed by atoms with van der Waals surface area (Å²) in [4.78, 5) is 10.9. The van der Waals surface area contributed by atoms with Gasteiger partial charge < -0.3 is 9.21 Å². The van der Waals surface area contributed by atoms with Gasteiger partial charge in [0.25, 0.3) is 0 Å². The number of Topliss-reactive ketones (excluding diaryl/α,β-unsaturated/α-hetero) is 1. The third-order valence-corrected chi connectivity index (χ3v) is 3.30. The fraction of sp³-hybridized carbons (Fsp3) is 0.400. The quantitative estimate of drug-likeness (QED) is 0.816. The number of rotatable bonds is 6. The van der Waals surface area contributed by atoms with Crippen LogP contribution in [-0.4, -0.2) is 16.0 Å². The summed E-state index contributed by atoms with van der Waals surface area (Å²) in [5.41, 5.74) is 1.17. The first-order valence-corrected chi connectivity index (χ1v) is 6.98. The van der Waals surface area contributed by atoms with Crippen molar-refractivity contribution in [1.82, 2.24) is 10.2 Å². The van der Waals surface area contributed by atoms with E-state index in [1.165, 1.54) is 5.56 Å². The number of carbonyl (C=O) groups excluding carboxylic acids is 1. The molecule has 0 spiro atoms. The van der Waals surface area contributed by atoms with E-state index < -0.39 is 0 Å². The highest BCUT2D eigenvalue weighted by molar-refractivity contribution is 6.30. The van der Waals surface area contributed by atoms with Gasteiger partial charge in [0.2, 0.25) is 11.8 Å². The minimum absolute atomic E-state index is 0.124. The molecule has 2 rings (SSSR count). The molecule has 4 nitrogen and oxygen atoms in total. The van der Waals surface area contributed by atoms with Crippen molar-refractivity contribution in [2.75, 3.05) is 0 Å². The second-order valence-electron chi connectivity index (χ2n) is 4.97. The molecule has 0 saturated carbocycles. The Bertz CT molecular complexity index is 578. The summed E-state index contributed by atoms with van der Waals surface area (Å²) in [6.45, 7) is 3.59. The molecule has 0 amide bonds. The fourth-order valence-electron chi connectivity index (χ4n) is 1.91. The van der Waals surface area contributed by atoms with Crippen LogP contribution in [0, 0.1) is 0 Å². The number of nitrogens with zero attached hydrogens (tertiary/aromatic N) is 2. The Hall–Kier alpha value is -1.68. The van der Waals surface area contributed by atoms with Crippen LogP contribution >= 0.6 is 11.6 Å². The second-order valence-corrected chi connectivity index (χ2v) is 5.40. The third kappa shape index (κ3) is 4.17. The lowest BCUT2D eigenvalue weighted by Crippen LogP contribution is -1.98. The van der Waals surface area contributed by atoms with Gasteiger partial charge in [0.1, 0.15) is 5.78 Å². The lowest BCUT2D eigenvalue weighted by atomic mass is 10.0. The first-order chi connectivity index (χ1) is 9.54. The van der Waals surface area contributed by atoms with E-state index in [9.17, 15) is 4.79 Å². The summed E-state index contributed by atoms with van der Waals surface area (Å²) in [6.07, 6.45) is 1.76. The predicted molar refractivity (Wildman–Crippen MR) is 76.9 cm³/mol. The smallest absolute Gasteiger partial charge is 0.219 e. The molecule has 0 saturated heterocycles. The van der Waals surface area contributed by atoms with Crippen molar-refractivity contribution in [3.8, 4) is 0 Å². The molecule has 0 bridgehead atoms. The van der Waals surface area contributed by atoms with E-state index >= 15 is 0 Å². The van der Waals surface area contributed by atoms with E-state index in [0.29, 0.717) is 24.6 Å². The van der Waals surface area contributed by atoms with Gasteiger partial charge in [-0.1, -0.05) is 30.7 Å². The van der Waals surface area contributed by atoms with Gasteiger partial charge in [-0.15, -0.1) is 10.2 Å². The highest BCUT2D eigenvalue weighted by atomic mass is 35.5. The molecule has 0 radical (unpaired) electrons. The number of aromatic nitrogens is 2. The van der Waals surface area contributed by atoms with Crippen molar-refractivity contribution >= 4 is 17.4 Å². The summed E-state index contributed by atoms with van der Waals surface area (Å²) < 4.78 is 5.59. The van der Waals surface area contributed by atoms with Gasteiger partial charge in [0.15, 0.2) is 0 Å². The Labute approximate surface area is 123 Å². The van der Waals surface area contributed by atoms with Crippen LogP contribution in [0.2, 0.25) is 5.02 Å². The summed E-state index contributed by atoms with van der Waals surface area (Å²) in [5, 5.41) is 8.76. The number of ketones is 1. The first kappa shape index (κ1) is 14.7. The number of hydrogen-bond acceptors (Lipinski definition) is 4. The number of halogens is 1. The second kappa shape index (κ2) is 6.66. The van der Waals surface area contributed by atoms with Crippen LogP contribution in [-0.2, 0) is 17.6 Å². The number of carbonyl (C=O) groups is 1. The Kier molecular flexibility index (Phi) is 4.90. The SMILES string of the molecule is CC(=O)CCc1nnc([C@@H](C)Cc2ccc(Cl)cc2)o1. The zero-order chi connectivity index (χ0) is 14.5. The average molecular weight is 293 g/mol. The van der Waals surface area contributed by atoms with E-state index in [2.05, 4.69) is 10.2 Å². The fourth-order valence-corrected chi connectivity index (χ4v) is 2.04. The van der Waals surface area contributed by atoms with Crippen LogP contribution in [0.3, 0.4) is 0 Å². The minimum atomic E-state index is 0.124. The van der Waals surface area contributed by atoms with Crippen molar-refractivity contribution in [2.24, 2.45) is 0 Å². The largest absolute Gasteiger partial charge is 0.425 e. The van der Waals surface area contributed by atoms with Gasteiger partial charge in [0, 0.05) is 23.8 Å². The van der Waals surface area contributed by atoms with Gasteiger partial charge in [-0.3, -0.25) is 0 Å². The standard InChI is InChI=1S/C15H17ClN2O2/c1-10(9-12-4-6-13(16)7-5-12)15-18-17-14(20-15)8-3-11(2)19/h4-7,10H,3,8-9H2,1-2H3/t10-/m0/s1. The maximum atomic E-state index is 10.9. The minimum Gasteiger partial charge on any atom is -0.425 e. The number of aryl methyl sites for hydroxylation is 1. The molecule has 0 aliphatic carbocycles. The predicted octanol–water partition coefficient (Wildman–Crippen LogP) is 3.59. The van der Waals surface area contributed by atoms with Crippen LogP contribution in [0.4, 0.5) is 0 Å². The average Bonchev–Trinajstić information content (AvgIpc) is 2.88. The topological polar surface area (TPSA) is 56.0 Å². The molecule has 5 heteroatoms. The number of hydrogen-bond donors (Lipinski definition) is 0. The molecule has 1 aromatic heterocycles. The van der Waals surface area contributed by atoms with Crippen molar-refractivity contribution in [2.45, 2.75) is 39.0 Å². The Morgan fingerprint density at radius 2 is 2.00 bits per heavy atom. The van der Waals surface area contributed by atoms with Crippen LogP contribution in [0.1, 0.15) is 43.5 Å². The van der Waals surface area contributed by atoms with Gasteiger partial charge in [0.05, 0.1) is 0 Å². The van der Waals surface area contributed by atoms with Gasteiger partial charge >= 0.3 is 0 Å². The maximum absolute atomic E-state index is 10.9. The van der Waals surface area contributed by atoms with E-state index in [4.69, 9.17) is 16.0 Å². The van der Waals surface area contributed by atoms with Crippen molar-refractivity contribution in [1.29, 1.82) is 0 Å².